The van der Waals surface area contributed by atoms with Gasteiger partial charge in [-0.3, -0.25) is 0 Å². The minimum absolute atomic E-state index is 0.287. The van der Waals surface area contributed by atoms with E-state index in [4.69, 9.17) is 11.6 Å². The lowest BCUT2D eigenvalue weighted by molar-refractivity contribution is 0.476. The molecule has 2 heteroatoms. The molecule has 0 saturated carbocycles. The van der Waals surface area contributed by atoms with Crippen LogP contribution in [0.2, 0.25) is 5.02 Å². The molecule has 0 amide bonds. The number of halogens is 1. The van der Waals surface area contributed by atoms with Gasteiger partial charge in [0.25, 0.3) is 0 Å². The Bertz CT molecular complexity index is 472. The van der Waals surface area contributed by atoms with Crippen LogP contribution in [0.3, 0.4) is 0 Å². The van der Waals surface area contributed by atoms with Crippen molar-refractivity contribution in [2.75, 3.05) is 0 Å². The van der Waals surface area contributed by atoms with Gasteiger partial charge < -0.3 is 5.11 Å². The van der Waals surface area contributed by atoms with E-state index in [1.54, 1.807) is 12.1 Å². The lowest BCUT2D eigenvalue weighted by Gasteiger charge is -2.06. The van der Waals surface area contributed by atoms with E-state index in [0.717, 1.165) is 27.8 Å². The molecule has 2 aromatic carbocycles. The van der Waals surface area contributed by atoms with Gasteiger partial charge in [0.1, 0.15) is 5.75 Å². The summed E-state index contributed by atoms with van der Waals surface area (Å²) in [5, 5.41) is 12.3. The second kappa shape index (κ2) is 3.50. The molecule has 0 unspecified atom stereocenters. The van der Waals surface area contributed by atoms with Gasteiger partial charge in [0, 0.05) is 5.02 Å². The minimum atomic E-state index is 0.287. The van der Waals surface area contributed by atoms with Crippen LogP contribution >= 0.6 is 11.6 Å². The van der Waals surface area contributed by atoms with Gasteiger partial charge in [-0.2, -0.15) is 0 Å². The van der Waals surface area contributed by atoms with E-state index in [0.29, 0.717) is 0 Å². The van der Waals surface area contributed by atoms with Crippen LogP contribution in [-0.2, 0) is 6.42 Å². The summed E-state index contributed by atoms with van der Waals surface area (Å²) < 4.78 is 0. The predicted molar refractivity (Wildman–Crippen MR) is 60.0 cm³/mol. The van der Waals surface area contributed by atoms with Crippen molar-refractivity contribution in [3.05, 3.63) is 40.9 Å². The number of benzene rings is 2. The van der Waals surface area contributed by atoms with Crippen LogP contribution in [0.1, 0.15) is 12.5 Å². The molecule has 14 heavy (non-hydrogen) atoms. The number of hydrogen-bond donors (Lipinski definition) is 1. The highest BCUT2D eigenvalue weighted by Gasteiger charge is 2.04. The first kappa shape index (κ1) is 9.35. The highest BCUT2D eigenvalue weighted by molar-refractivity contribution is 6.32. The van der Waals surface area contributed by atoms with Crippen LogP contribution in [0.25, 0.3) is 10.8 Å². The number of rotatable bonds is 1. The summed E-state index contributed by atoms with van der Waals surface area (Å²) in [4.78, 5) is 0. The number of hydrogen-bond acceptors (Lipinski definition) is 1. The fourth-order valence-corrected chi connectivity index (χ4v) is 2.00. The summed E-state index contributed by atoms with van der Waals surface area (Å²) >= 11 is 6.07. The van der Waals surface area contributed by atoms with Crippen LogP contribution in [0.4, 0.5) is 0 Å². The third kappa shape index (κ3) is 1.44. The Morgan fingerprint density at radius 2 is 1.93 bits per heavy atom. The summed E-state index contributed by atoms with van der Waals surface area (Å²) in [6.07, 6.45) is 0.875. The Hall–Kier alpha value is -1.21. The summed E-state index contributed by atoms with van der Waals surface area (Å²) in [5.74, 6) is 0.287. The van der Waals surface area contributed by atoms with Crippen LogP contribution in [-0.4, -0.2) is 5.11 Å². The van der Waals surface area contributed by atoms with Gasteiger partial charge >= 0.3 is 0 Å². The maximum Gasteiger partial charge on any atom is 0.116 e. The molecule has 1 nitrogen and oxygen atoms in total. The lowest BCUT2D eigenvalue weighted by atomic mass is 10.0. The van der Waals surface area contributed by atoms with Gasteiger partial charge in [0.2, 0.25) is 0 Å². The molecule has 1 N–H and O–H groups in total. The first-order chi connectivity index (χ1) is 6.72. The van der Waals surface area contributed by atoms with Crippen molar-refractivity contribution in [1.82, 2.24) is 0 Å². The van der Waals surface area contributed by atoms with Crippen molar-refractivity contribution in [2.24, 2.45) is 0 Å². The molecular formula is C12H11ClO. The lowest BCUT2D eigenvalue weighted by Crippen LogP contribution is -1.85. The number of phenols is 1. The van der Waals surface area contributed by atoms with Gasteiger partial charge in [-0.25, -0.2) is 0 Å². The zero-order valence-electron chi connectivity index (χ0n) is 7.92. The fourth-order valence-electron chi connectivity index (χ4n) is 1.70. The van der Waals surface area contributed by atoms with E-state index in [9.17, 15) is 5.11 Å². The Labute approximate surface area is 87.9 Å². The van der Waals surface area contributed by atoms with E-state index in [2.05, 4.69) is 6.92 Å². The number of aryl methyl sites for hydroxylation is 1. The molecule has 0 atom stereocenters. The second-order valence-corrected chi connectivity index (χ2v) is 3.69. The van der Waals surface area contributed by atoms with E-state index in [-0.39, 0.29) is 5.75 Å². The maximum absolute atomic E-state index is 9.40. The Morgan fingerprint density at radius 1 is 1.21 bits per heavy atom. The Morgan fingerprint density at radius 3 is 2.64 bits per heavy atom. The molecule has 0 aliphatic heterocycles. The molecule has 0 saturated heterocycles. The molecule has 2 aromatic rings. The predicted octanol–water partition coefficient (Wildman–Crippen LogP) is 3.76. The van der Waals surface area contributed by atoms with Crippen LogP contribution in [0, 0.1) is 0 Å². The number of phenolic OH excluding ortho intramolecular Hbond substituents is 1. The Kier molecular flexibility index (Phi) is 2.34. The maximum atomic E-state index is 9.40. The van der Waals surface area contributed by atoms with Crippen molar-refractivity contribution in [3.63, 3.8) is 0 Å². The van der Waals surface area contributed by atoms with Crippen LogP contribution in [0.15, 0.2) is 30.3 Å². The van der Waals surface area contributed by atoms with E-state index in [1.807, 2.05) is 18.2 Å². The first-order valence-electron chi connectivity index (χ1n) is 4.62. The summed E-state index contributed by atoms with van der Waals surface area (Å²) in [6, 6.07) is 9.23. The highest BCUT2D eigenvalue weighted by atomic mass is 35.5. The highest BCUT2D eigenvalue weighted by Crippen LogP contribution is 2.29. The molecule has 0 aromatic heterocycles. The van der Waals surface area contributed by atoms with Crippen molar-refractivity contribution in [1.29, 1.82) is 0 Å². The normalized spacial score (nSPS) is 10.7. The molecule has 0 fully saturated rings. The molecule has 0 aliphatic carbocycles. The van der Waals surface area contributed by atoms with Crippen molar-refractivity contribution < 1.29 is 5.11 Å². The van der Waals surface area contributed by atoms with Crippen LogP contribution in [0.5, 0.6) is 5.75 Å². The number of fused-ring (bicyclic) bond motifs is 1. The molecule has 72 valence electrons. The Balaban J connectivity index is 2.84. The molecule has 2 rings (SSSR count). The number of aromatic hydroxyl groups is 1. The third-order valence-electron chi connectivity index (χ3n) is 2.41. The van der Waals surface area contributed by atoms with E-state index >= 15 is 0 Å². The van der Waals surface area contributed by atoms with Crippen molar-refractivity contribution >= 4 is 22.4 Å². The molecule has 0 aliphatic rings. The first-order valence-corrected chi connectivity index (χ1v) is 5.00. The van der Waals surface area contributed by atoms with Gasteiger partial charge in [0.05, 0.1) is 0 Å². The average Bonchev–Trinajstić information content (AvgIpc) is 2.17. The monoisotopic (exact) mass is 206 g/mol. The minimum Gasteiger partial charge on any atom is -0.508 e. The van der Waals surface area contributed by atoms with E-state index < -0.39 is 0 Å². The van der Waals surface area contributed by atoms with Crippen LogP contribution < -0.4 is 0 Å². The van der Waals surface area contributed by atoms with Crippen molar-refractivity contribution in [3.8, 4) is 5.75 Å². The average molecular weight is 207 g/mol. The molecule has 0 spiro atoms. The topological polar surface area (TPSA) is 20.2 Å². The molecule has 0 radical (unpaired) electrons. The zero-order valence-corrected chi connectivity index (χ0v) is 8.67. The standard InChI is InChI=1S/C12H11ClO/c1-2-10-11-7-9(14)5-3-8(11)4-6-12(10)13/h3-7,14H,2H2,1H3. The molecule has 0 heterocycles. The van der Waals surface area contributed by atoms with Crippen molar-refractivity contribution in [2.45, 2.75) is 13.3 Å². The van der Waals surface area contributed by atoms with Gasteiger partial charge in [0.15, 0.2) is 0 Å². The molecule has 0 bridgehead atoms. The van der Waals surface area contributed by atoms with Gasteiger partial charge in [-0.05, 0) is 41.0 Å². The summed E-state index contributed by atoms with van der Waals surface area (Å²) in [5.41, 5.74) is 1.10. The summed E-state index contributed by atoms with van der Waals surface area (Å²) in [6.45, 7) is 2.06. The summed E-state index contributed by atoms with van der Waals surface area (Å²) in [7, 11) is 0. The third-order valence-corrected chi connectivity index (χ3v) is 2.77. The fraction of sp³-hybridized carbons (Fsp3) is 0.167. The molecular weight excluding hydrogens is 196 g/mol. The largest absolute Gasteiger partial charge is 0.508 e. The SMILES string of the molecule is CCc1c(Cl)ccc2ccc(O)cc12. The zero-order chi connectivity index (χ0) is 10.1. The van der Waals surface area contributed by atoms with Gasteiger partial charge in [-0.15, -0.1) is 0 Å². The van der Waals surface area contributed by atoms with E-state index in [1.165, 1.54) is 0 Å². The second-order valence-electron chi connectivity index (χ2n) is 3.28. The quantitative estimate of drug-likeness (QED) is 0.753. The smallest absolute Gasteiger partial charge is 0.116 e. The van der Waals surface area contributed by atoms with Gasteiger partial charge in [-0.1, -0.05) is 30.7 Å².